The number of hydrogen-bond acceptors (Lipinski definition) is 4. The van der Waals surface area contributed by atoms with Gasteiger partial charge in [0.1, 0.15) is 0 Å². The summed E-state index contributed by atoms with van der Waals surface area (Å²) < 4.78 is 5.95. The fraction of sp³-hybridized carbons (Fsp3) is 0.476. The van der Waals surface area contributed by atoms with Crippen molar-refractivity contribution in [1.82, 2.24) is 14.9 Å². The highest BCUT2D eigenvalue weighted by Crippen LogP contribution is 2.42. The highest BCUT2D eigenvalue weighted by molar-refractivity contribution is 5.81. The number of rotatable bonds is 2. The van der Waals surface area contributed by atoms with Crippen molar-refractivity contribution in [2.75, 3.05) is 19.7 Å². The normalized spacial score (nSPS) is 24.7. The summed E-state index contributed by atoms with van der Waals surface area (Å²) in [6, 6.07) is 10.1. The SMILES string of the molecule is Cc1nc(-c2ccccc2)nc2c1COCC21CCN(C(=O)C2CC2)C1. The molecule has 5 heteroatoms. The topological polar surface area (TPSA) is 55.3 Å². The molecule has 0 N–H and O–H groups in total. The number of carbonyl (C=O) groups is 1. The molecule has 0 radical (unpaired) electrons. The second-order valence-corrected chi connectivity index (χ2v) is 7.88. The summed E-state index contributed by atoms with van der Waals surface area (Å²) in [6.07, 6.45) is 3.02. The quantitative estimate of drug-likeness (QED) is 0.837. The Kier molecular flexibility index (Phi) is 3.60. The summed E-state index contributed by atoms with van der Waals surface area (Å²) in [5.74, 6) is 1.36. The fourth-order valence-corrected chi connectivity index (χ4v) is 4.30. The highest BCUT2D eigenvalue weighted by Gasteiger charge is 2.48. The lowest BCUT2D eigenvalue weighted by atomic mass is 9.80. The Morgan fingerprint density at radius 3 is 2.81 bits per heavy atom. The second kappa shape index (κ2) is 5.88. The van der Waals surface area contributed by atoms with Crippen molar-refractivity contribution in [3.8, 4) is 11.4 Å². The van der Waals surface area contributed by atoms with Crippen LogP contribution < -0.4 is 0 Å². The number of carbonyl (C=O) groups excluding carboxylic acids is 1. The average molecular weight is 349 g/mol. The minimum absolute atomic E-state index is 0.185. The Hall–Kier alpha value is -2.27. The van der Waals surface area contributed by atoms with Gasteiger partial charge in [-0.25, -0.2) is 9.97 Å². The first-order valence-electron chi connectivity index (χ1n) is 9.46. The molecule has 2 aromatic rings. The molecule has 5 nitrogen and oxygen atoms in total. The van der Waals surface area contributed by atoms with E-state index < -0.39 is 0 Å². The summed E-state index contributed by atoms with van der Waals surface area (Å²) in [6.45, 7) is 4.77. The molecule has 1 atom stereocenters. The molecule has 1 saturated carbocycles. The number of hydrogen-bond donors (Lipinski definition) is 0. The van der Waals surface area contributed by atoms with E-state index in [1.807, 2.05) is 42.2 Å². The third kappa shape index (κ3) is 2.53. The summed E-state index contributed by atoms with van der Waals surface area (Å²) in [4.78, 5) is 24.3. The van der Waals surface area contributed by atoms with E-state index in [9.17, 15) is 4.79 Å². The number of nitrogens with zero attached hydrogens (tertiary/aromatic N) is 3. The fourth-order valence-electron chi connectivity index (χ4n) is 4.30. The molecule has 1 aromatic carbocycles. The molecule has 3 aliphatic rings. The van der Waals surface area contributed by atoms with Gasteiger partial charge in [-0.2, -0.15) is 0 Å². The largest absolute Gasteiger partial charge is 0.376 e. The van der Waals surface area contributed by atoms with E-state index in [4.69, 9.17) is 14.7 Å². The number of fused-ring (bicyclic) bond motifs is 2. The van der Waals surface area contributed by atoms with Crippen LogP contribution >= 0.6 is 0 Å². The van der Waals surface area contributed by atoms with Crippen LogP contribution in [-0.4, -0.2) is 40.5 Å². The summed E-state index contributed by atoms with van der Waals surface area (Å²) >= 11 is 0. The van der Waals surface area contributed by atoms with E-state index in [0.717, 1.165) is 60.7 Å². The van der Waals surface area contributed by atoms with Gasteiger partial charge in [-0.3, -0.25) is 4.79 Å². The Labute approximate surface area is 153 Å². The van der Waals surface area contributed by atoms with Gasteiger partial charge in [-0.1, -0.05) is 30.3 Å². The Bertz CT molecular complexity index is 863. The predicted molar refractivity (Wildman–Crippen MR) is 97.5 cm³/mol. The van der Waals surface area contributed by atoms with E-state index >= 15 is 0 Å². The van der Waals surface area contributed by atoms with Gasteiger partial charge in [0.05, 0.1) is 24.3 Å². The van der Waals surface area contributed by atoms with Gasteiger partial charge >= 0.3 is 0 Å². The van der Waals surface area contributed by atoms with Crippen molar-refractivity contribution in [3.63, 3.8) is 0 Å². The van der Waals surface area contributed by atoms with Gasteiger partial charge in [-0.15, -0.1) is 0 Å². The summed E-state index contributed by atoms with van der Waals surface area (Å²) in [5, 5.41) is 0. The van der Waals surface area contributed by atoms with E-state index in [-0.39, 0.29) is 11.3 Å². The van der Waals surface area contributed by atoms with Crippen LogP contribution in [0, 0.1) is 12.8 Å². The molecule has 5 rings (SSSR count). The number of aryl methyl sites for hydroxylation is 1. The molecule has 2 aliphatic heterocycles. The Morgan fingerprint density at radius 2 is 2.04 bits per heavy atom. The smallest absolute Gasteiger partial charge is 0.225 e. The van der Waals surface area contributed by atoms with Crippen molar-refractivity contribution in [1.29, 1.82) is 0 Å². The molecule has 1 saturated heterocycles. The van der Waals surface area contributed by atoms with E-state index in [1.165, 1.54) is 0 Å². The molecule has 26 heavy (non-hydrogen) atoms. The highest BCUT2D eigenvalue weighted by atomic mass is 16.5. The minimum Gasteiger partial charge on any atom is -0.376 e. The third-order valence-electron chi connectivity index (χ3n) is 5.97. The Morgan fingerprint density at radius 1 is 1.23 bits per heavy atom. The lowest BCUT2D eigenvalue weighted by Crippen LogP contribution is -2.42. The van der Waals surface area contributed by atoms with Gasteiger partial charge < -0.3 is 9.64 Å². The summed E-state index contributed by atoms with van der Waals surface area (Å²) in [7, 11) is 0. The molecule has 134 valence electrons. The van der Waals surface area contributed by atoms with Crippen molar-refractivity contribution in [3.05, 3.63) is 47.3 Å². The maximum atomic E-state index is 12.6. The van der Waals surface area contributed by atoms with Crippen LogP contribution in [0.1, 0.15) is 36.2 Å². The Balaban J connectivity index is 1.55. The minimum atomic E-state index is -0.185. The molecular formula is C21H23N3O2. The molecule has 1 aliphatic carbocycles. The maximum Gasteiger partial charge on any atom is 0.225 e. The molecule has 1 amide bonds. The van der Waals surface area contributed by atoms with Crippen molar-refractivity contribution in [2.24, 2.45) is 5.92 Å². The standard InChI is InChI=1S/C21H23N3O2/c1-14-17-11-26-13-21(9-10-24(12-21)20(25)16-7-8-16)18(17)23-19(22-14)15-5-3-2-4-6-15/h2-6,16H,7-13H2,1H3. The van der Waals surface area contributed by atoms with Crippen LogP contribution in [0.25, 0.3) is 11.4 Å². The van der Waals surface area contributed by atoms with Crippen LogP contribution in [-0.2, 0) is 21.6 Å². The first-order valence-corrected chi connectivity index (χ1v) is 9.46. The first-order chi connectivity index (χ1) is 12.7. The van der Waals surface area contributed by atoms with Gasteiger partial charge in [0.25, 0.3) is 0 Å². The van der Waals surface area contributed by atoms with Gasteiger partial charge in [0.2, 0.25) is 5.91 Å². The molecule has 1 aromatic heterocycles. The van der Waals surface area contributed by atoms with Crippen LogP contribution in [0.5, 0.6) is 0 Å². The summed E-state index contributed by atoms with van der Waals surface area (Å²) in [5.41, 5.74) is 4.04. The zero-order chi connectivity index (χ0) is 17.7. The first kappa shape index (κ1) is 15.9. The molecule has 1 spiro atoms. The molecule has 0 bridgehead atoms. The maximum absolute atomic E-state index is 12.6. The monoisotopic (exact) mass is 349 g/mol. The lowest BCUT2D eigenvalue weighted by Gasteiger charge is -2.35. The number of ether oxygens (including phenoxy) is 1. The van der Waals surface area contributed by atoms with Gasteiger partial charge in [0.15, 0.2) is 5.82 Å². The zero-order valence-corrected chi connectivity index (χ0v) is 15.1. The van der Waals surface area contributed by atoms with E-state index in [2.05, 4.69) is 0 Å². The number of likely N-dealkylation sites (tertiary alicyclic amines) is 1. The van der Waals surface area contributed by atoms with Crippen LogP contribution in [0.3, 0.4) is 0 Å². The average Bonchev–Trinajstić information content (AvgIpc) is 3.44. The lowest BCUT2D eigenvalue weighted by molar-refractivity contribution is -0.131. The predicted octanol–water partition coefficient (Wildman–Crippen LogP) is 2.86. The number of benzene rings is 1. The molecule has 3 heterocycles. The van der Waals surface area contributed by atoms with E-state index in [0.29, 0.717) is 19.1 Å². The molecule has 2 fully saturated rings. The van der Waals surface area contributed by atoms with Crippen LogP contribution in [0.2, 0.25) is 0 Å². The van der Waals surface area contributed by atoms with Gasteiger partial charge in [0, 0.05) is 35.8 Å². The van der Waals surface area contributed by atoms with Crippen LogP contribution in [0.15, 0.2) is 30.3 Å². The second-order valence-electron chi connectivity index (χ2n) is 7.88. The van der Waals surface area contributed by atoms with Crippen molar-refractivity contribution >= 4 is 5.91 Å². The third-order valence-corrected chi connectivity index (χ3v) is 5.97. The van der Waals surface area contributed by atoms with Crippen LogP contribution in [0.4, 0.5) is 0 Å². The number of amides is 1. The van der Waals surface area contributed by atoms with Crippen molar-refractivity contribution in [2.45, 2.75) is 38.2 Å². The number of aromatic nitrogens is 2. The molecular weight excluding hydrogens is 326 g/mol. The zero-order valence-electron chi connectivity index (χ0n) is 15.1. The van der Waals surface area contributed by atoms with E-state index in [1.54, 1.807) is 0 Å². The van der Waals surface area contributed by atoms with Gasteiger partial charge in [-0.05, 0) is 26.2 Å². The van der Waals surface area contributed by atoms with Crippen molar-refractivity contribution < 1.29 is 9.53 Å². The molecule has 1 unspecified atom stereocenters.